The number of ether oxygens (including phenoxy) is 3. The predicted molar refractivity (Wildman–Crippen MR) is 211 cm³/mol. The van der Waals surface area contributed by atoms with Crippen molar-refractivity contribution in [3.05, 3.63) is 23.9 Å². The lowest BCUT2D eigenvalue weighted by atomic mass is 9.85. The SMILES string of the molecule is CC[C@@H]1[C@@H]2CN(C(=O)[C@H](C(C)(C)C)NC(=O)O[C@@H]3C[C@H]3CCCCCc3nc4ccc(OCC(F)(F)F)cc4nc3O2)[C@@H]1C(=O)NC1(C(=O)NS(=O)(=O)C2(C)CC2)C[C@H]1C(F)F. The lowest BCUT2D eigenvalue weighted by Gasteiger charge is -2.36. The maximum absolute atomic E-state index is 14.9. The second-order valence-corrected chi connectivity index (χ2v) is 20.9. The van der Waals surface area contributed by atoms with Crippen molar-refractivity contribution in [3.63, 3.8) is 0 Å². The number of nitrogens with zero attached hydrogens (tertiary/aromatic N) is 3. The van der Waals surface area contributed by atoms with E-state index in [4.69, 9.17) is 19.2 Å². The average molecular weight is 901 g/mol. The Morgan fingerprint density at radius 3 is 2.40 bits per heavy atom. The number of halogens is 5. The fourth-order valence-electron chi connectivity index (χ4n) is 8.54. The molecule has 342 valence electrons. The zero-order chi connectivity index (χ0) is 45.2. The van der Waals surface area contributed by atoms with E-state index >= 15 is 0 Å². The molecule has 5 aliphatic rings. The predicted octanol–water partition coefficient (Wildman–Crippen LogP) is 5.34. The summed E-state index contributed by atoms with van der Waals surface area (Å²) in [5.41, 5.74) is -2.39. The van der Waals surface area contributed by atoms with Crippen molar-refractivity contribution in [2.75, 3.05) is 13.2 Å². The van der Waals surface area contributed by atoms with E-state index in [-0.39, 0.29) is 55.0 Å². The number of benzene rings is 1. The second kappa shape index (κ2) is 16.5. The summed E-state index contributed by atoms with van der Waals surface area (Å²) in [6, 6.07) is 1.32. The smallest absolute Gasteiger partial charge is 0.422 e. The van der Waals surface area contributed by atoms with Crippen LogP contribution < -0.4 is 24.8 Å². The van der Waals surface area contributed by atoms with Crippen LogP contribution >= 0.6 is 0 Å². The number of amides is 4. The molecule has 1 aromatic carbocycles. The van der Waals surface area contributed by atoms with E-state index in [1.165, 1.54) is 25.1 Å². The Kier molecular flexibility index (Phi) is 12.1. The number of hydrogen-bond acceptors (Lipinski definition) is 11. The van der Waals surface area contributed by atoms with Crippen LogP contribution in [0.5, 0.6) is 11.6 Å². The van der Waals surface area contributed by atoms with Gasteiger partial charge in [-0.2, -0.15) is 13.2 Å². The minimum Gasteiger partial charge on any atom is -0.484 e. The highest BCUT2D eigenvalue weighted by Gasteiger charge is 2.68. The van der Waals surface area contributed by atoms with E-state index in [2.05, 4.69) is 15.6 Å². The molecule has 7 rings (SSSR count). The molecular formula is C41H53F5N6O9S. The van der Waals surface area contributed by atoms with Crippen molar-refractivity contribution in [2.45, 2.75) is 146 Å². The molecule has 3 saturated carbocycles. The van der Waals surface area contributed by atoms with Gasteiger partial charge >= 0.3 is 12.3 Å². The molecule has 0 spiro atoms. The average Bonchev–Trinajstić information content (AvgIpc) is 4.13. The summed E-state index contributed by atoms with van der Waals surface area (Å²) in [4.78, 5) is 67.2. The molecule has 62 heavy (non-hydrogen) atoms. The lowest BCUT2D eigenvalue weighted by Crippen LogP contribution is -2.61. The Morgan fingerprint density at radius 1 is 1.05 bits per heavy atom. The summed E-state index contributed by atoms with van der Waals surface area (Å²) < 4.78 is 112. The second-order valence-electron chi connectivity index (χ2n) is 18.7. The first kappa shape index (κ1) is 45.5. The Balaban J connectivity index is 1.27. The number of carbonyl (C=O) groups is 4. The molecule has 0 radical (unpaired) electrons. The molecule has 3 aliphatic carbocycles. The number of nitrogens with one attached hydrogen (secondary N) is 3. The van der Waals surface area contributed by atoms with Crippen molar-refractivity contribution in [2.24, 2.45) is 23.2 Å². The van der Waals surface area contributed by atoms with Gasteiger partial charge in [0.25, 0.3) is 5.91 Å². The number of hydrogen-bond donors (Lipinski definition) is 3. The van der Waals surface area contributed by atoms with Crippen LogP contribution in [0, 0.1) is 23.2 Å². The summed E-state index contributed by atoms with van der Waals surface area (Å²) in [6.07, 6.45) is -5.85. The zero-order valence-corrected chi connectivity index (χ0v) is 36.0. The van der Waals surface area contributed by atoms with Crippen molar-refractivity contribution >= 4 is 44.9 Å². The fourth-order valence-corrected chi connectivity index (χ4v) is 9.85. The summed E-state index contributed by atoms with van der Waals surface area (Å²) in [5.74, 6) is -5.74. The van der Waals surface area contributed by atoms with Gasteiger partial charge in [-0.1, -0.05) is 40.5 Å². The van der Waals surface area contributed by atoms with Gasteiger partial charge in [0.2, 0.25) is 34.1 Å². The zero-order valence-electron chi connectivity index (χ0n) is 35.2. The van der Waals surface area contributed by atoms with E-state index in [0.29, 0.717) is 30.5 Å². The van der Waals surface area contributed by atoms with E-state index in [0.717, 1.165) is 24.2 Å². The summed E-state index contributed by atoms with van der Waals surface area (Å²) in [6.45, 7) is 6.35. The van der Waals surface area contributed by atoms with Crippen molar-refractivity contribution in [1.29, 1.82) is 0 Å². The number of fused-ring (bicyclic) bond motifs is 5. The molecule has 3 N–H and O–H groups in total. The third-order valence-corrected chi connectivity index (χ3v) is 15.0. The van der Waals surface area contributed by atoms with E-state index in [9.17, 15) is 49.5 Å². The largest absolute Gasteiger partial charge is 0.484 e. The Hall–Kier alpha value is -4.56. The van der Waals surface area contributed by atoms with Crippen LogP contribution in [0.3, 0.4) is 0 Å². The van der Waals surface area contributed by atoms with Crippen LogP contribution in [-0.4, -0.2) is 107 Å². The highest BCUT2D eigenvalue weighted by Crippen LogP contribution is 2.50. The van der Waals surface area contributed by atoms with Crippen molar-refractivity contribution in [3.8, 4) is 11.6 Å². The molecule has 2 bridgehead atoms. The number of aromatic nitrogens is 2. The highest BCUT2D eigenvalue weighted by atomic mass is 32.2. The minimum absolute atomic E-state index is 0.00518. The molecule has 3 heterocycles. The molecule has 2 aromatic rings. The van der Waals surface area contributed by atoms with Crippen LogP contribution in [0.2, 0.25) is 0 Å². The van der Waals surface area contributed by atoms with Gasteiger partial charge in [0.05, 0.1) is 28.2 Å². The fraction of sp³-hybridized carbons (Fsp3) is 0.707. The quantitative estimate of drug-likeness (QED) is 0.275. The van der Waals surface area contributed by atoms with Crippen LogP contribution in [-0.2, 0) is 35.6 Å². The molecule has 1 saturated heterocycles. The van der Waals surface area contributed by atoms with Gasteiger partial charge in [0, 0.05) is 12.0 Å². The van der Waals surface area contributed by atoms with Gasteiger partial charge in [-0.25, -0.2) is 32.0 Å². The number of rotatable bonds is 9. The third kappa shape index (κ3) is 9.51. The van der Waals surface area contributed by atoms with Gasteiger partial charge in [-0.3, -0.25) is 19.1 Å². The number of sulfonamides is 1. The Bertz CT molecular complexity index is 2200. The standard InChI is InChI=1S/C41H53F5N6O9S/c1-6-23-29-19-52(30(23)33(53)50-40(18-24(40)32(42)43)36(55)51-62(57,58)39(5)14-15-39)35(54)31(38(2,3)4)49-37(56)61-28-16-21(28)10-8-7-9-11-26-34(60-29)48-27-17-22(12-13-25(27)47-26)59-20-41(44,45)46/h12-13,17,21,23-24,28-32H,6-11,14-16,18-20H2,1-5H3,(H,49,56)(H,50,53)(H,51,55)/t21-,23-,24+,28-,29+,30+,31-,40?/m1/s1. The van der Waals surface area contributed by atoms with Crippen molar-refractivity contribution < 1.29 is 63.8 Å². The molecule has 8 atom stereocenters. The molecule has 21 heteroatoms. The molecule has 4 amide bonds. The molecular weight excluding hydrogens is 848 g/mol. The lowest BCUT2D eigenvalue weighted by molar-refractivity contribution is -0.153. The van der Waals surface area contributed by atoms with Crippen LogP contribution in [0.1, 0.15) is 98.1 Å². The first-order valence-electron chi connectivity index (χ1n) is 21.1. The van der Waals surface area contributed by atoms with Crippen molar-refractivity contribution in [1.82, 2.24) is 30.2 Å². The molecule has 4 fully saturated rings. The van der Waals surface area contributed by atoms with Gasteiger partial charge in [-0.05, 0) is 81.8 Å². The number of alkyl halides is 5. The molecule has 2 aliphatic heterocycles. The maximum atomic E-state index is 14.9. The van der Waals surface area contributed by atoms with E-state index in [1.54, 1.807) is 27.7 Å². The monoisotopic (exact) mass is 900 g/mol. The minimum atomic E-state index is -4.60. The van der Waals surface area contributed by atoms with E-state index < -0.39 is 105 Å². The van der Waals surface area contributed by atoms with Crippen LogP contribution in [0.25, 0.3) is 11.0 Å². The van der Waals surface area contributed by atoms with Gasteiger partial charge < -0.3 is 29.7 Å². The van der Waals surface area contributed by atoms with Crippen LogP contribution in [0.15, 0.2) is 18.2 Å². The number of alkyl carbamates (subject to hydrolysis) is 1. The number of aryl methyl sites for hydroxylation is 1. The van der Waals surface area contributed by atoms with Gasteiger partial charge in [0.15, 0.2) is 6.61 Å². The van der Waals surface area contributed by atoms with Crippen LogP contribution in [0.4, 0.5) is 26.7 Å². The Morgan fingerprint density at radius 2 is 1.77 bits per heavy atom. The Labute approximate surface area is 356 Å². The van der Waals surface area contributed by atoms with Gasteiger partial charge in [0.1, 0.15) is 41.3 Å². The van der Waals surface area contributed by atoms with Gasteiger partial charge in [-0.15, -0.1) is 0 Å². The summed E-state index contributed by atoms with van der Waals surface area (Å²) in [5, 5.41) is 5.14. The molecule has 1 unspecified atom stereocenters. The third-order valence-electron chi connectivity index (χ3n) is 12.8. The first-order valence-corrected chi connectivity index (χ1v) is 22.5. The summed E-state index contributed by atoms with van der Waals surface area (Å²) >= 11 is 0. The molecule has 1 aromatic heterocycles. The molecule has 15 nitrogen and oxygen atoms in total. The highest BCUT2D eigenvalue weighted by molar-refractivity contribution is 7.91. The topological polar surface area (TPSA) is 195 Å². The summed E-state index contributed by atoms with van der Waals surface area (Å²) in [7, 11) is -4.30. The first-order chi connectivity index (χ1) is 28.9. The normalized spacial score (nSPS) is 30.1. The number of carbonyl (C=O) groups excluding carboxylic acids is 4. The van der Waals surface area contributed by atoms with E-state index in [1.807, 2.05) is 4.72 Å². The maximum Gasteiger partial charge on any atom is 0.422 e.